The first-order chi connectivity index (χ1) is 17.9. The highest BCUT2D eigenvalue weighted by Gasteiger charge is 2.42. The zero-order chi connectivity index (χ0) is 25.7. The lowest BCUT2D eigenvalue weighted by Gasteiger charge is -2.36. The monoisotopic (exact) mass is 502 g/mol. The quantitative estimate of drug-likeness (QED) is 0.406. The van der Waals surface area contributed by atoms with Crippen LogP contribution < -0.4 is 15.2 Å². The number of aryl methyl sites for hydroxylation is 2. The number of aromatic nitrogens is 2. The molecule has 190 valence electrons. The maximum atomic E-state index is 16.1. The van der Waals surface area contributed by atoms with Crippen molar-refractivity contribution in [3.63, 3.8) is 0 Å². The van der Waals surface area contributed by atoms with Crippen molar-refractivity contribution in [2.24, 2.45) is 7.05 Å². The van der Waals surface area contributed by atoms with Crippen LogP contribution in [0.4, 0.5) is 10.1 Å². The van der Waals surface area contributed by atoms with E-state index < -0.39 is 11.2 Å². The predicted molar refractivity (Wildman–Crippen MR) is 137 cm³/mol. The summed E-state index contributed by atoms with van der Waals surface area (Å²) < 4.78 is 34.8. The molecule has 37 heavy (non-hydrogen) atoms. The Morgan fingerprint density at radius 1 is 1.22 bits per heavy atom. The van der Waals surface area contributed by atoms with Crippen LogP contribution in [0.15, 0.2) is 45.6 Å². The molecule has 2 aromatic heterocycles. The molecule has 2 fully saturated rings. The second kappa shape index (κ2) is 8.89. The van der Waals surface area contributed by atoms with Gasteiger partial charge in [0.25, 0.3) is 5.56 Å². The van der Waals surface area contributed by atoms with Crippen LogP contribution in [0.1, 0.15) is 36.3 Å². The van der Waals surface area contributed by atoms with Gasteiger partial charge in [0.15, 0.2) is 11.3 Å². The molecule has 4 heterocycles. The third-order valence-corrected chi connectivity index (χ3v) is 7.44. The summed E-state index contributed by atoms with van der Waals surface area (Å²) in [5, 5.41) is 10.7. The van der Waals surface area contributed by atoms with Gasteiger partial charge in [0.1, 0.15) is 29.0 Å². The Kier molecular flexibility index (Phi) is 5.64. The van der Waals surface area contributed by atoms with Crippen molar-refractivity contribution >= 4 is 27.7 Å². The minimum absolute atomic E-state index is 0.0251. The molecule has 8 nitrogen and oxygen atoms in total. The highest BCUT2D eigenvalue weighted by atomic mass is 19.1. The average Bonchev–Trinajstić information content (AvgIpc) is 3.57. The van der Waals surface area contributed by atoms with Gasteiger partial charge < -0.3 is 23.4 Å². The number of benzene rings is 2. The lowest BCUT2D eigenvalue weighted by Crippen LogP contribution is -2.41. The fourth-order valence-corrected chi connectivity index (χ4v) is 5.33. The number of hydrogen-bond donors (Lipinski definition) is 0. The SMILES string of the molecule is Cc1ccc2oc(C3(F)CCN(c4c(C#N)c(=O)n(C)c5cc(O[C@@H]6CCOC6)ccc45)CC3)nc2c1. The summed E-state index contributed by atoms with van der Waals surface area (Å²) in [5.41, 5.74) is 1.35. The Labute approximate surface area is 212 Å². The fourth-order valence-electron chi connectivity index (χ4n) is 5.33. The predicted octanol–water partition coefficient (Wildman–Crippen LogP) is 4.49. The molecule has 0 bridgehead atoms. The van der Waals surface area contributed by atoms with Crippen molar-refractivity contribution in [3.8, 4) is 11.8 Å². The number of nitrogens with zero attached hydrogens (tertiary/aromatic N) is 4. The Morgan fingerprint density at radius 3 is 2.76 bits per heavy atom. The van der Waals surface area contributed by atoms with E-state index in [1.54, 1.807) is 7.05 Å². The normalized spacial score (nSPS) is 19.4. The first kappa shape index (κ1) is 23.5. The highest BCUT2D eigenvalue weighted by Crippen LogP contribution is 2.41. The van der Waals surface area contributed by atoms with E-state index in [0.29, 0.717) is 54.4 Å². The van der Waals surface area contributed by atoms with Crippen LogP contribution in [0.25, 0.3) is 22.0 Å². The van der Waals surface area contributed by atoms with Gasteiger partial charge in [0, 0.05) is 50.9 Å². The third-order valence-electron chi connectivity index (χ3n) is 7.44. The molecule has 2 aliphatic heterocycles. The molecule has 2 saturated heterocycles. The van der Waals surface area contributed by atoms with E-state index in [1.165, 1.54) is 4.57 Å². The molecule has 2 aromatic carbocycles. The summed E-state index contributed by atoms with van der Waals surface area (Å²) in [4.78, 5) is 19.5. The first-order valence-electron chi connectivity index (χ1n) is 12.5. The summed E-state index contributed by atoms with van der Waals surface area (Å²) in [6.45, 7) is 3.78. The maximum Gasteiger partial charge on any atom is 0.270 e. The summed E-state index contributed by atoms with van der Waals surface area (Å²) in [7, 11) is 1.65. The summed E-state index contributed by atoms with van der Waals surface area (Å²) in [6, 6.07) is 13.2. The van der Waals surface area contributed by atoms with Gasteiger partial charge in [-0.3, -0.25) is 4.79 Å². The van der Waals surface area contributed by atoms with Gasteiger partial charge in [0.05, 0.1) is 24.4 Å². The van der Waals surface area contributed by atoms with Crippen LogP contribution in [-0.4, -0.2) is 42.0 Å². The van der Waals surface area contributed by atoms with E-state index in [1.807, 2.05) is 48.2 Å². The van der Waals surface area contributed by atoms with Gasteiger partial charge in [-0.05, 0) is 36.8 Å². The van der Waals surface area contributed by atoms with Gasteiger partial charge in [-0.2, -0.15) is 5.26 Å². The van der Waals surface area contributed by atoms with E-state index in [4.69, 9.17) is 13.9 Å². The molecule has 0 aliphatic carbocycles. The van der Waals surface area contributed by atoms with Crippen molar-refractivity contribution in [2.45, 2.75) is 38.0 Å². The number of ether oxygens (including phenoxy) is 2. The van der Waals surface area contributed by atoms with Crippen LogP contribution in [-0.2, 0) is 17.5 Å². The molecular formula is C28H27FN4O4. The Bertz CT molecular complexity index is 1600. The summed E-state index contributed by atoms with van der Waals surface area (Å²) in [5.74, 6) is 0.723. The number of pyridine rings is 1. The Balaban J connectivity index is 1.33. The molecule has 0 radical (unpaired) electrons. The van der Waals surface area contributed by atoms with Gasteiger partial charge in [-0.15, -0.1) is 0 Å². The smallest absolute Gasteiger partial charge is 0.270 e. The molecule has 0 N–H and O–H groups in total. The molecule has 9 heteroatoms. The second-order valence-corrected chi connectivity index (χ2v) is 9.92. The molecule has 1 atom stereocenters. The number of alkyl halides is 1. The molecule has 4 aromatic rings. The first-order valence-corrected chi connectivity index (χ1v) is 12.5. The minimum atomic E-state index is -1.73. The van der Waals surface area contributed by atoms with Crippen molar-refractivity contribution in [1.29, 1.82) is 5.26 Å². The topological polar surface area (TPSA) is 93.5 Å². The second-order valence-electron chi connectivity index (χ2n) is 9.92. The largest absolute Gasteiger partial charge is 0.488 e. The van der Waals surface area contributed by atoms with Crippen molar-refractivity contribution in [1.82, 2.24) is 9.55 Å². The number of fused-ring (bicyclic) bond motifs is 2. The fraction of sp³-hybridized carbons (Fsp3) is 0.393. The van der Waals surface area contributed by atoms with Gasteiger partial charge in [-0.25, -0.2) is 9.37 Å². The molecule has 2 aliphatic rings. The van der Waals surface area contributed by atoms with E-state index in [-0.39, 0.29) is 30.4 Å². The molecule has 0 amide bonds. The number of halogens is 1. The van der Waals surface area contributed by atoms with Crippen LogP contribution in [0.2, 0.25) is 0 Å². The molecule has 0 spiro atoms. The van der Waals surface area contributed by atoms with Crippen LogP contribution in [0.5, 0.6) is 5.75 Å². The standard InChI is InChI=1S/C28H27FN4O4/c1-17-3-6-24-22(13-17)31-27(37-24)28(29)8-10-33(11-9-28)25-20-5-4-18(36-19-7-12-35-16-19)14-23(20)32(2)26(34)21(25)15-30/h3-6,13-14,19H,7-12,16H2,1-2H3/t19-/m1/s1. The number of nitriles is 1. The minimum Gasteiger partial charge on any atom is -0.488 e. The number of oxazole rings is 1. The third kappa shape index (κ3) is 4.02. The number of anilines is 1. The molecule has 6 rings (SSSR count). The average molecular weight is 503 g/mol. The molecule has 0 unspecified atom stereocenters. The van der Waals surface area contributed by atoms with Crippen molar-refractivity contribution in [2.75, 3.05) is 31.2 Å². The van der Waals surface area contributed by atoms with Gasteiger partial charge in [0.2, 0.25) is 5.89 Å². The van der Waals surface area contributed by atoms with E-state index >= 15 is 4.39 Å². The maximum absolute atomic E-state index is 16.1. The highest BCUT2D eigenvalue weighted by molar-refractivity contribution is 5.95. The lowest BCUT2D eigenvalue weighted by molar-refractivity contribution is 0.0905. The Hall–Kier alpha value is -3.90. The van der Waals surface area contributed by atoms with Crippen LogP contribution in [0.3, 0.4) is 0 Å². The van der Waals surface area contributed by atoms with Gasteiger partial charge in [-0.1, -0.05) is 6.07 Å². The molecule has 0 saturated carbocycles. The summed E-state index contributed by atoms with van der Waals surface area (Å²) >= 11 is 0. The number of piperidine rings is 1. The van der Waals surface area contributed by atoms with E-state index in [2.05, 4.69) is 11.1 Å². The van der Waals surface area contributed by atoms with Gasteiger partial charge >= 0.3 is 0 Å². The van der Waals surface area contributed by atoms with Crippen molar-refractivity contribution < 1.29 is 18.3 Å². The molecular weight excluding hydrogens is 475 g/mol. The number of rotatable bonds is 4. The summed E-state index contributed by atoms with van der Waals surface area (Å²) in [6.07, 6.45) is 1.04. The zero-order valence-electron chi connectivity index (χ0n) is 20.8. The van der Waals surface area contributed by atoms with Crippen LogP contribution >= 0.6 is 0 Å². The van der Waals surface area contributed by atoms with Crippen LogP contribution in [0, 0.1) is 18.3 Å². The van der Waals surface area contributed by atoms with Crippen molar-refractivity contribution in [3.05, 3.63) is 63.8 Å². The van der Waals surface area contributed by atoms with E-state index in [9.17, 15) is 10.1 Å². The lowest BCUT2D eigenvalue weighted by atomic mass is 9.92. The zero-order valence-corrected chi connectivity index (χ0v) is 20.8. The number of hydrogen-bond acceptors (Lipinski definition) is 7. The van der Waals surface area contributed by atoms with E-state index in [0.717, 1.165) is 17.4 Å². The Morgan fingerprint density at radius 2 is 2.03 bits per heavy atom.